The summed E-state index contributed by atoms with van der Waals surface area (Å²) in [6, 6.07) is 5.38. The quantitative estimate of drug-likeness (QED) is 0.600. The maximum absolute atomic E-state index is 5.65. The summed E-state index contributed by atoms with van der Waals surface area (Å²) < 4.78 is 10.7. The molecule has 0 amide bonds. The smallest absolute Gasteiger partial charge is 0.163 e. The van der Waals surface area contributed by atoms with Gasteiger partial charge in [0.25, 0.3) is 0 Å². The summed E-state index contributed by atoms with van der Waals surface area (Å²) in [7, 11) is 1.62. The van der Waals surface area contributed by atoms with Gasteiger partial charge in [-0.25, -0.2) is 0 Å². The molecule has 4 heteroatoms. The summed E-state index contributed by atoms with van der Waals surface area (Å²) in [5.74, 6) is 2.39. The highest BCUT2D eigenvalue weighted by atomic mass is 32.2. The van der Waals surface area contributed by atoms with Crippen molar-refractivity contribution in [2.24, 2.45) is 0 Å². The van der Waals surface area contributed by atoms with Gasteiger partial charge in [0.05, 0.1) is 13.7 Å². The fourth-order valence-corrected chi connectivity index (χ4v) is 1.29. The van der Waals surface area contributed by atoms with Crippen LogP contribution in [0.1, 0.15) is 0 Å². The number of hydrogen-bond acceptors (Lipinski definition) is 4. The molecule has 0 saturated carbocycles. The number of nitrogens with two attached hydrogens (primary N) is 1. The van der Waals surface area contributed by atoms with Crippen LogP contribution in [-0.4, -0.2) is 25.7 Å². The number of hydrogen-bond donors (Lipinski definition) is 1. The predicted octanol–water partition coefficient (Wildman–Crippen LogP) is 2.02. The molecule has 0 fully saturated rings. The van der Waals surface area contributed by atoms with Crippen LogP contribution in [0.4, 0.5) is 5.69 Å². The molecule has 0 spiro atoms. The van der Waals surface area contributed by atoms with E-state index in [0.717, 1.165) is 11.5 Å². The van der Waals surface area contributed by atoms with Gasteiger partial charge in [-0.1, -0.05) is 0 Å². The van der Waals surface area contributed by atoms with E-state index in [0.29, 0.717) is 18.0 Å². The number of thioether (sulfide) groups is 1. The maximum Gasteiger partial charge on any atom is 0.163 e. The van der Waals surface area contributed by atoms with Gasteiger partial charge in [0.2, 0.25) is 0 Å². The normalized spacial score (nSPS) is 9.86. The largest absolute Gasteiger partial charge is 0.493 e. The van der Waals surface area contributed by atoms with E-state index in [4.69, 9.17) is 15.2 Å². The van der Waals surface area contributed by atoms with Crippen molar-refractivity contribution in [2.75, 3.05) is 31.5 Å². The first-order chi connectivity index (χ1) is 6.77. The Morgan fingerprint density at radius 3 is 2.79 bits per heavy atom. The lowest BCUT2D eigenvalue weighted by molar-refractivity contribution is 0.314. The van der Waals surface area contributed by atoms with Crippen LogP contribution >= 0.6 is 11.8 Å². The number of ether oxygens (including phenoxy) is 2. The van der Waals surface area contributed by atoms with Gasteiger partial charge in [0.1, 0.15) is 0 Å². The summed E-state index contributed by atoms with van der Waals surface area (Å²) in [5, 5.41) is 0. The van der Waals surface area contributed by atoms with Crippen LogP contribution in [0.2, 0.25) is 0 Å². The molecular formula is C10H15NO2S. The van der Waals surface area contributed by atoms with Crippen LogP contribution in [-0.2, 0) is 0 Å². The molecule has 1 aromatic carbocycles. The molecule has 0 aliphatic carbocycles. The zero-order valence-electron chi connectivity index (χ0n) is 8.45. The van der Waals surface area contributed by atoms with E-state index in [1.807, 2.05) is 12.3 Å². The van der Waals surface area contributed by atoms with Crippen LogP contribution < -0.4 is 15.2 Å². The lowest BCUT2D eigenvalue weighted by Gasteiger charge is -2.10. The summed E-state index contributed by atoms with van der Waals surface area (Å²) in [6.45, 7) is 0.668. The maximum atomic E-state index is 5.65. The molecule has 0 bridgehead atoms. The van der Waals surface area contributed by atoms with Gasteiger partial charge < -0.3 is 15.2 Å². The lowest BCUT2D eigenvalue weighted by atomic mass is 10.3. The third kappa shape index (κ3) is 3.03. The third-order valence-corrected chi connectivity index (χ3v) is 2.31. The average Bonchev–Trinajstić information content (AvgIpc) is 2.19. The molecule has 0 atom stereocenters. The van der Waals surface area contributed by atoms with Crippen molar-refractivity contribution >= 4 is 17.4 Å². The minimum atomic E-state index is 0.668. The van der Waals surface area contributed by atoms with Gasteiger partial charge in [-0.3, -0.25) is 0 Å². The minimum Gasteiger partial charge on any atom is -0.493 e. The van der Waals surface area contributed by atoms with Gasteiger partial charge >= 0.3 is 0 Å². The number of methoxy groups -OCH3 is 1. The second-order valence-corrected chi connectivity index (χ2v) is 3.74. The molecule has 0 heterocycles. The molecular weight excluding hydrogens is 198 g/mol. The highest BCUT2D eigenvalue weighted by molar-refractivity contribution is 7.98. The van der Waals surface area contributed by atoms with Gasteiger partial charge in [-0.2, -0.15) is 11.8 Å². The van der Waals surface area contributed by atoms with Crippen LogP contribution in [0.15, 0.2) is 18.2 Å². The van der Waals surface area contributed by atoms with E-state index in [9.17, 15) is 0 Å². The van der Waals surface area contributed by atoms with E-state index < -0.39 is 0 Å². The summed E-state index contributed by atoms with van der Waals surface area (Å²) in [6.07, 6.45) is 2.04. The first-order valence-corrected chi connectivity index (χ1v) is 5.72. The SMILES string of the molecule is COc1ccc(N)cc1OCCSC. The fraction of sp³-hybridized carbons (Fsp3) is 0.400. The van der Waals surface area contributed by atoms with Crippen molar-refractivity contribution in [3.05, 3.63) is 18.2 Å². The number of rotatable bonds is 5. The summed E-state index contributed by atoms with van der Waals surface area (Å²) >= 11 is 1.74. The van der Waals surface area contributed by atoms with Crippen molar-refractivity contribution in [1.29, 1.82) is 0 Å². The zero-order chi connectivity index (χ0) is 10.4. The molecule has 1 aromatic rings. The lowest BCUT2D eigenvalue weighted by Crippen LogP contribution is -2.01. The van der Waals surface area contributed by atoms with Crippen molar-refractivity contribution in [3.8, 4) is 11.5 Å². The van der Waals surface area contributed by atoms with Crippen LogP contribution in [0.25, 0.3) is 0 Å². The molecule has 78 valence electrons. The Bertz CT molecular complexity index is 291. The Morgan fingerprint density at radius 2 is 2.14 bits per heavy atom. The molecule has 0 aliphatic heterocycles. The van der Waals surface area contributed by atoms with Gasteiger partial charge in [-0.15, -0.1) is 0 Å². The second-order valence-electron chi connectivity index (χ2n) is 2.75. The van der Waals surface area contributed by atoms with Crippen molar-refractivity contribution in [1.82, 2.24) is 0 Å². The Balaban J connectivity index is 2.67. The van der Waals surface area contributed by atoms with Crippen molar-refractivity contribution < 1.29 is 9.47 Å². The third-order valence-electron chi connectivity index (χ3n) is 1.73. The topological polar surface area (TPSA) is 44.5 Å². The van der Waals surface area contributed by atoms with Gasteiger partial charge in [0.15, 0.2) is 11.5 Å². The Morgan fingerprint density at radius 1 is 1.36 bits per heavy atom. The number of nitrogen functional groups attached to an aromatic ring is 1. The molecule has 0 unspecified atom stereocenters. The van der Waals surface area contributed by atoms with Crippen molar-refractivity contribution in [2.45, 2.75) is 0 Å². The minimum absolute atomic E-state index is 0.668. The molecule has 1 rings (SSSR count). The Labute approximate surface area is 88.6 Å². The van der Waals surface area contributed by atoms with E-state index in [1.54, 1.807) is 31.0 Å². The molecule has 0 aliphatic rings. The standard InChI is InChI=1S/C10H15NO2S/c1-12-9-4-3-8(11)7-10(9)13-5-6-14-2/h3-4,7H,5-6,11H2,1-2H3. The molecule has 3 nitrogen and oxygen atoms in total. The highest BCUT2D eigenvalue weighted by Crippen LogP contribution is 2.28. The van der Waals surface area contributed by atoms with E-state index in [1.165, 1.54) is 0 Å². The molecule has 0 radical (unpaired) electrons. The second kappa shape index (κ2) is 5.65. The van der Waals surface area contributed by atoms with Crippen LogP contribution in [0.3, 0.4) is 0 Å². The van der Waals surface area contributed by atoms with Crippen LogP contribution in [0.5, 0.6) is 11.5 Å². The van der Waals surface area contributed by atoms with Crippen molar-refractivity contribution in [3.63, 3.8) is 0 Å². The highest BCUT2D eigenvalue weighted by Gasteiger charge is 2.03. The average molecular weight is 213 g/mol. The Kier molecular flexibility index (Phi) is 4.46. The van der Waals surface area contributed by atoms with E-state index in [2.05, 4.69) is 0 Å². The summed E-state index contributed by atoms with van der Waals surface area (Å²) in [5.41, 5.74) is 6.33. The fourth-order valence-electron chi connectivity index (χ4n) is 1.04. The number of benzene rings is 1. The van der Waals surface area contributed by atoms with E-state index in [-0.39, 0.29) is 0 Å². The van der Waals surface area contributed by atoms with Gasteiger partial charge in [-0.05, 0) is 18.4 Å². The molecule has 14 heavy (non-hydrogen) atoms. The van der Waals surface area contributed by atoms with E-state index >= 15 is 0 Å². The Hall–Kier alpha value is -1.03. The molecule has 0 saturated heterocycles. The monoisotopic (exact) mass is 213 g/mol. The molecule has 2 N–H and O–H groups in total. The zero-order valence-corrected chi connectivity index (χ0v) is 9.26. The van der Waals surface area contributed by atoms with Crippen LogP contribution in [0, 0.1) is 0 Å². The molecule has 0 aromatic heterocycles. The first kappa shape index (κ1) is 11.0. The van der Waals surface area contributed by atoms with Gasteiger partial charge in [0, 0.05) is 17.5 Å². The first-order valence-electron chi connectivity index (χ1n) is 4.33. The summed E-state index contributed by atoms with van der Waals surface area (Å²) in [4.78, 5) is 0. The number of anilines is 1. The predicted molar refractivity (Wildman–Crippen MR) is 61.3 cm³/mol.